The van der Waals surface area contributed by atoms with Crippen LogP contribution in [-0.4, -0.2) is 15.3 Å². The Morgan fingerprint density at radius 3 is 2.61 bits per heavy atom. The van der Waals surface area contributed by atoms with Crippen molar-refractivity contribution in [1.82, 2.24) is 9.55 Å². The van der Waals surface area contributed by atoms with Crippen molar-refractivity contribution in [3.63, 3.8) is 0 Å². The normalized spacial score (nSPS) is 11.0. The van der Waals surface area contributed by atoms with E-state index in [0.29, 0.717) is 0 Å². The molecule has 1 aromatic carbocycles. The summed E-state index contributed by atoms with van der Waals surface area (Å²) in [5, 5.41) is 0. The lowest BCUT2D eigenvalue weighted by Crippen LogP contribution is -1.92. The standard InChI is InChI=1S/C14H11N3O/c1-11(18)14(15-2)9-12-3-5-13(6-4-12)17-8-7-16-10-17/h3-10H,1H3/b14-9-. The number of carbonyl (C=O) groups is 1. The van der Waals surface area contributed by atoms with Gasteiger partial charge in [0.05, 0.1) is 12.9 Å². The minimum atomic E-state index is -0.219. The van der Waals surface area contributed by atoms with Crippen LogP contribution >= 0.6 is 0 Å². The molecule has 0 aliphatic heterocycles. The van der Waals surface area contributed by atoms with Gasteiger partial charge in [-0.3, -0.25) is 0 Å². The van der Waals surface area contributed by atoms with Crippen molar-refractivity contribution in [2.75, 3.05) is 0 Å². The molecule has 0 amide bonds. The summed E-state index contributed by atoms with van der Waals surface area (Å²) in [5.41, 5.74) is 1.96. The van der Waals surface area contributed by atoms with Crippen LogP contribution in [-0.2, 0) is 4.79 Å². The summed E-state index contributed by atoms with van der Waals surface area (Å²) in [7, 11) is 0. The Bertz CT molecular complexity index is 616. The minimum Gasteiger partial charge on any atom is -0.308 e. The molecule has 88 valence electrons. The van der Waals surface area contributed by atoms with Crippen LogP contribution in [0.4, 0.5) is 0 Å². The summed E-state index contributed by atoms with van der Waals surface area (Å²) in [6, 6.07) is 7.55. The molecule has 18 heavy (non-hydrogen) atoms. The fraction of sp³-hybridized carbons (Fsp3) is 0.0714. The molecule has 0 bridgehead atoms. The molecule has 0 aliphatic carbocycles. The van der Waals surface area contributed by atoms with Crippen LogP contribution in [0, 0.1) is 6.57 Å². The maximum absolute atomic E-state index is 11.1. The number of hydrogen-bond donors (Lipinski definition) is 0. The van der Waals surface area contributed by atoms with Gasteiger partial charge in [-0.2, -0.15) is 0 Å². The van der Waals surface area contributed by atoms with Crippen molar-refractivity contribution < 1.29 is 4.79 Å². The van der Waals surface area contributed by atoms with Gasteiger partial charge in [-0.15, -0.1) is 0 Å². The van der Waals surface area contributed by atoms with Gasteiger partial charge in [-0.25, -0.2) is 9.83 Å². The molecule has 4 heteroatoms. The van der Waals surface area contributed by atoms with E-state index in [1.807, 2.05) is 35.0 Å². The second-order valence-electron chi connectivity index (χ2n) is 3.76. The van der Waals surface area contributed by atoms with E-state index in [0.717, 1.165) is 11.3 Å². The van der Waals surface area contributed by atoms with Gasteiger partial charge in [0.1, 0.15) is 0 Å². The van der Waals surface area contributed by atoms with Crippen molar-refractivity contribution in [2.24, 2.45) is 0 Å². The third kappa shape index (κ3) is 2.53. The number of imidazole rings is 1. The van der Waals surface area contributed by atoms with Gasteiger partial charge in [-0.05, 0) is 30.7 Å². The molecule has 4 nitrogen and oxygen atoms in total. The van der Waals surface area contributed by atoms with E-state index in [1.54, 1.807) is 18.6 Å². The zero-order valence-electron chi connectivity index (χ0n) is 9.87. The fourth-order valence-corrected chi connectivity index (χ4v) is 1.53. The Kier molecular flexibility index (Phi) is 3.35. The Balaban J connectivity index is 2.29. The summed E-state index contributed by atoms with van der Waals surface area (Å²) >= 11 is 0. The smallest absolute Gasteiger partial charge is 0.229 e. The van der Waals surface area contributed by atoms with E-state index >= 15 is 0 Å². The molecule has 0 unspecified atom stereocenters. The number of hydrogen-bond acceptors (Lipinski definition) is 2. The topological polar surface area (TPSA) is 39.2 Å². The average Bonchev–Trinajstić information content (AvgIpc) is 2.90. The van der Waals surface area contributed by atoms with Crippen LogP contribution < -0.4 is 0 Å². The maximum Gasteiger partial charge on any atom is 0.229 e. The zero-order chi connectivity index (χ0) is 13.0. The highest BCUT2D eigenvalue weighted by Crippen LogP contribution is 2.13. The summed E-state index contributed by atoms with van der Waals surface area (Å²) in [4.78, 5) is 18.3. The highest BCUT2D eigenvalue weighted by Gasteiger charge is 2.03. The van der Waals surface area contributed by atoms with Gasteiger partial charge in [0, 0.05) is 18.1 Å². The minimum absolute atomic E-state index is 0.144. The molecule has 0 saturated carbocycles. The monoisotopic (exact) mass is 237 g/mol. The molecule has 0 fully saturated rings. The molecule has 0 spiro atoms. The van der Waals surface area contributed by atoms with Crippen LogP contribution in [0.1, 0.15) is 12.5 Å². The van der Waals surface area contributed by atoms with Crippen LogP contribution in [0.5, 0.6) is 0 Å². The Labute approximate surface area is 105 Å². The van der Waals surface area contributed by atoms with E-state index in [9.17, 15) is 4.79 Å². The average molecular weight is 237 g/mol. The molecule has 0 atom stereocenters. The van der Waals surface area contributed by atoms with E-state index in [-0.39, 0.29) is 11.5 Å². The lowest BCUT2D eigenvalue weighted by atomic mass is 10.1. The second kappa shape index (κ2) is 5.11. The number of aromatic nitrogens is 2. The second-order valence-corrected chi connectivity index (χ2v) is 3.76. The lowest BCUT2D eigenvalue weighted by molar-refractivity contribution is -0.113. The van der Waals surface area contributed by atoms with Crippen molar-refractivity contribution >= 4 is 11.9 Å². The van der Waals surface area contributed by atoms with Crippen LogP contribution in [0.25, 0.3) is 16.6 Å². The van der Waals surface area contributed by atoms with Gasteiger partial charge >= 0.3 is 0 Å². The SMILES string of the molecule is [C-]#[N+]/C(=C\c1ccc(-n2ccnc2)cc1)C(C)=O. The molecular weight excluding hydrogens is 226 g/mol. The van der Waals surface area contributed by atoms with Crippen molar-refractivity contribution in [3.05, 3.63) is 65.7 Å². The predicted octanol–water partition coefficient (Wildman–Crippen LogP) is 2.72. The molecule has 0 radical (unpaired) electrons. The van der Waals surface area contributed by atoms with E-state index in [1.165, 1.54) is 6.92 Å². The van der Waals surface area contributed by atoms with E-state index in [4.69, 9.17) is 6.57 Å². The molecule has 2 rings (SSSR count). The van der Waals surface area contributed by atoms with Crippen LogP contribution in [0.15, 0.2) is 48.7 Å². The highest BCUT2D eigenvalue weighted by molar-refractivity contribution is 5.99. The van der Waals surface area contributed by atoms with Gasteiger partial charge in [0.25, 0.3) is 0 Å². The number of rotatable bonds is 3. The highest BCUT2D eigenvalue weighted by atomic mass is 16.1. The summed E-state index contributed by atoms with van der Waals surface area (Å²) in [6.07, 6.45) is 6.86. The lowest BCUT2D eigenvalue weighted by Gasteiger charge is -2.02. The van der Waals surface area contributed by atoms with Crippen molar-refractivity contribution in [2.45, 2.75) is 6.92 Å². The first-order valence-corrected chi connectivity index (χ1v) is 5.39. The number of ketones is 1. The van der Waals surface area contributed by atoms with Gasteiger partial charge in [-0.1, -0.05) is 12.1 Å². The first kappa shape index (κ1) is 11.8. The first-order valence-electron chi connectivity index (χ1n) is 5.39. The number of benzene rings is 1. The third-order valence-electron chi connectivity index (χ3n) is 2.48. The Hall–Kier alpha value is -2.67. The number of carbonyl (C=O) groups excluding carboxylic acids is 1. The van der Waals surface area contributed by atoms with Gasteiger partial charge < -0.3 is 9.36 Å². The predicted molar refractivity (Wildman–Crippen MR) is 68.8 cm³/mol. The number of allylic oxidation sites excluding steroid dienone is 1. The molecule has 1 heterocycles. The summed E-state index contributed by atoms with van der Waals surface area (Å²) in [5.74, 6) is -0.219. The largest absolute Gasteiger partial charge is 0.308 e. The number of Topliss-reactive ketones (excluding diaryl/α,β-unsaturated/α-hetero) is 1. The Morgan fingerprint density at radius 2 is 2.11 bits per heavy atom. The third-order valence-corrected chi connectivity index (χ3v) is 2.48. The fourth-order valence-electron chi connectivity index (χ4n) is 1.53. The molecule has 1 aromatic heterocycles. The van der Waals surface area contributed by atoms with E-state index in [2.05, 4.69) is 9.83 Å². The molecule has 0 aliphatic rings. The zero-order valence-corrected chi connectivity index (χ0v) is 9.87. The quantitative estimate of drug-likeness (QED) is 0.608. The van der Waals surface area contributed by atoms with Crippen LogP contribution in [0.2, 0.25) is 0 Å². The summed E-state index contributed by atoms with van der Waals surface area (Å²) < 4.78 is 1.88. The Morgan fingerprint density at radius 1 is 1.39 bits per heavy atom. The molecule has 2 aromatic rings. The van der Waals surface area contributed by atoms with Gasteiger partial charge in [0.15, 0.2) is 5.78 Å². The van der Waals surface area contributed by atoms with Crippen LogP contribution in [0.3, 0.4) is 0 Å². The molecular formula is C14H11N3O. The first-order chi connectivity index (χ1) is 8.70. The molecule has 0 saturated heterocycles. The van der Waals surface area contributed by atoms with Crippen molar-refractivity contribution in [1.29, 1.82) is 0 Å². The van der Waals surface area contributed by atoms with Crippen molar-refractivity contribution in [3.8, 4) is 5.69 Å². The van der Waals surface area contributed by atoms with E-state index < -0.39 is 0 Å². The molecule has 0 N–H and O–H groups in total. The summed E-state index contributed by atoms with van der Waals surface area (Å²) in [6.45, 7) is 8.31. The maximum atomic E-state index is 11.1. The van der Waals surface area contributed by atoms with Gasteiger partial charge in [0.2, 0.25) is 5.70 Å². The number of nitrogens with zero attached hydrogens (tertiary/aromatic N) is 3.